The van der Waals surface area contributed by atoms with Gasteiger partial charge in [-0.15, -0.1) is 0 Å². The number of unbranched alkanes of at least 4 members (excludes halogenated alkanes) is 1. The molecule has 0 radical (unpaired) electrons. The van der Waals surface area contributed by atoms with Crippen molar-refractivity contribution in [2.45, 2.75) is 39.4 Å². The van der Waals surface area contributed by atoms with Crippen LogP contribution in [0.2, 0.25) is 0 Å². The predicted molar refractivity (Wildman–Crippen MR) is 42.1 cm³/mol. The van der Waals surface area contributed by atoms with Crippen molar-refractivity contribution in [2.75, 3.05) is 6.61 Å². The second kappa shape index (κ2) is 7.54. The molecule has 0 saturated carbocycles. The molecule has 0 aromatic heterocycles. The van der Waals surface area contributed by atoms with Crippen molar-refractivity contribution in [3.05, 3.63) is 0 Å². The Hall–Kier alpha value is -0.570. The topological polar surface area (TPSA) is 35.5 Å². The van der Waals surface area contributed by atoms with E-state index in [2.05, 4.69) is 11.7 Å². The number of carbonyl (C=O) groups is 1. The van der Waals surface area contributed by atoms with Crippen molar-refractivity contribution in [1.29, 1.82) is 0 Å². The number of hydrogen-bond donors (Lipinski definition) is 0. The average molecular weight is 160 g/mol. The summed E-state index contributed by atoms with van der Waals surface area (Å²) in [5.41, 5.74) is 0. The zero-order valence-corrected chi connectivity index (χ0v) is 7.21. The van der Waals surface area contributed by atoms with Gasteiger partial charge in [0.2, 0.25) is 6.29 Å². The van der Waals surface area contributed by atoms with E-state index < -0.39 is 0 Å². The Bertz CT molecular complexity index is 93.3. The number of rotatable bonds is 7. The Morgan fingerprint density at radius 1 is 1.45 bits per heavy atom. The highest BCUT2D eigenvalue weighted by atomic mass is 16.7. The molecule has 11 heavy (non-hydrogen) atoms. The lowest BCUT2D eigenvalue weighted by molar-refractivity contribution is -0.164. The predicted octanol–water partition coefficient (Wildman–Crippen LogP) is 1.71. The monoisotopic (exact) mass is 160 g/mol. The minimum absolute atomic E-state index is 0.348. The fourth-order valence-electron chi connectivity index (χ4n) is 0.674. The summed E-state index contributed by atoms with van der Waals surface area (Å²) in [5.74, 6) is 0. The molecular formula is C8H16O3. The third kappa shape index (κ3) is 5.85. The SMILES string of the molecule is CCCCOC(CC)OC=O. The molecule has 3 nitrogen and oxygen atoms in total. The van der Waals surface area contributed by atoms with Crippen molar-refractivity contribution in [1.82, 2.24) is 0 Å². The van der Waals surface area contributed by atoms with Crippen LogP contribution in [0.25, 0.3) is 0 Å². The van der Waals surface area contributed by atoms with E-state index in [1.54, 1.807) is 0 Å². The van der Waals surface area contributed by atoms with Crippen molar-refractivity contribution < 1.29 is 14.3 Å². The third-order valence-corrected chi connectivity index (χ3v) is 1.34. The van der Waals surface area contributed by atoms with E-state index in [1.165, 1.54) is 0 Å². The second-order valence-electron chi connectivity index (χ2n) is 2.29. The lowest BCUT2D eigenvalue weighted by Gasteiger charge is -2.12. The highest BCUT2D eigenvalue weighted by Gasteiger charge is 2.04. The largest absolute Gasteiger partial charge is 0.438 e. The van der Waals surface area contributed by atoms with E-state index in [9.17, 15) is 4.79 Å². The van der Waals surface area contributed by atoms with Crippen molar-refractivity contribution in [2.24, 2.45) is 0 Å². The molecule has 0 amide bonds. The molecular weight excluding hydrogens is 144 g/mol. The molecule has 0 bridgehead atoms. The first-order chi connectivity index (χ1) is 5.35. The van der Waals surface area contributed by atoms with Crippen LogP contribution in [0.4, 0.5) is 0 Å². The van der Waals surface area contributed by atoms with Crippen LogP contribution < -0.4 is 0 Å². The normalized spacial score (nSPS) is 12.5. The van der Waals surface area contributed by atoms with Gasteiger partial charge in [-0.1, -0.05) is 20.3 Å². The van der Waals surface area contributed by atoms with E-state index in [0.29, 0.717) is 19.5 Å². The van der Waals surface area contributed by atoms with Gasteiger partial charge in [-0.25, -0.2) is 0 Å². The lowest BCUT2D eigenvalue weighted by Crippen LogP contribution is -2.15. The van der Waals surface area contributed by atoms with Crippen LogP contribution in [0.3, 0.4) is 0 Å². The molecule has 0 aromatic carbocycles. The first-order valence-electron chi connectivity index (χ1n) is 4.05. The minimum atomic E-state index is -0.348. The number of ether oxygens (including phenoxy) is 2. The third-order valence-electron chi connectivity index (χ3n) is 1.34. The molecule has 3 heteroatoms. The fourth-order valence-corrected chi connectivity index (χ4v) is 0.674. The summed E-state index contributed by atoms with van der Waals surface area (Å²) in [6, 6.07) is 0. The Morgan fingerprint density at radius 2 is 2.18 bits per heavy atom. The molecule has 0 aliphatic rings. The van der Waals surface area contributed by atoms with Gasteiger partial charge >= 0.3 is 0 Å². The Kier molecular flexibility index (Phi) is 7.15. The maximum Gasteiger partial charge on any atom is 0.295 e. The summed E-state index contributed by atoms with van der Waals surface area (Å²) in [5, 5.41) is 0. The van der Waals surface area contributed by atoms with Crippen LogP contribution in [-0.2, 0) is 14.3 Å². The first kappa shape index (κ1) is 10.4. The van der Waals surface area contributed by atoms with Gasteiger partial charge in [-0.05, 0) is 6.42 Å². The van der Waals surface area contributed by atoms with Gasteiger partial charge in [0, 0.05) is 6.42 Å². The van der Waals surface area contributed by atoms with E-state index in [-0.39, 0.29) is 6.29 Å². The van der Waals surface area contributed by atoms with Crippen molar-refractivity contribution in [3.63, 3.8) is 0 Å². The molecule has 0 rings (SSSR count). The quantitative estimate of drug-likeness (QED) is 0.323. The Labute approximate surface area is 67.7 Å². The summed E-state index contributed by atoms with van der Waals surface area (Å²) in [7, 11) is 0. The summed E-state index contributed by atoms with van der Waals surface area (Å²) in [4.78, 5) is 9.90. The van der Waals surface area contributed by atoms with E-state index in [1.807, 2.05) is 6.92 Å². The van der Waals surface area contributed by atoms with Crippen LogP contribution >= 0.6 is 0 Å². The number of carbonyl (C=O) groups excluding carboxylic acids is 1. The minimum Gasteiger partial charge on any atom is -0.438 e. The molecule has 0 spiro atoms. The molecule has 0 N–H and O–H groups in total. The van der Waals surface area contributed by atoms with Crippen LogP contribution in [-0.4, -0.2) is 19.4 Å². The lowest BCUT2D eigenvalue weighted by atomic mass is 10.4. The molecule has 0 aliphatic heterocycles. The maximum atomic E-state index is 9.90. The summed E-state index contributed by atoms with van der Waals surface area (Å²) in [6.45, 7) is 5.11. The molecule has 0 aliphatic carbocycles. The van der Waals surface area contributed by atoms with Gasteiger partial charge in [0.25, 0.3) is 6.47 Å². The van der Waals surface area contributed by atoms with Crippen LogP contribution in [0.5, 0.6) is 0 Å². The van der Waals surface area contributed by atoms with E-state index in [0.717, 1.165) is 12.8 Å². The Morgan fingerprint density at radius 3 is 2.64 bits per heavy atom. The van der Waals surface area contributed by atoms with Gasteiger partial charge < -0.3 is 9.47 Å². The first-order valence-corrected chi connectivity index (χ1v) is 4.05. The highest BCUT2D eigenvalue weighted by Crippen LogP contribution is 2.00. The Balaban J connectivity index is 3.27. The molecule has 0 fully saturated rings. The molecule has 0 heterocycles. The summed E-state index contributed by atoms with van der Waals surface area (Å²) in [6.07, 6.45) is 2.47. The maximum absolute atomic E-state index is 9.90. The van der Waals surface area contributed by atoms with Gasteiger partial charge in [-0.2, -0.15) is 0 Å². The fraction of sp³-hybridized carbons (Fsp3) is 0.875. The number of hydrogen-bond acceptors (Lipinski definition) is 3. The molecule has 1 unspecified atom stereocenters. The standard InChI is InChI=1S/C8H16O3/c1-3-5-6-10-8(4-2)11-7-9/h7-8H,3-6H2,1-2H3. The summed E-state index contributed by atoms with van der Waals surface area (Å²) >= 11 is 0. The second-order valence-corrected chi connectivity index (χ2v) is 2.29. The van der Waals surface area contributed by atoms with Gasteiger partial charge in [0.05, 0.1) is 6.61 Å². The van der Waals surface area contributed by atoms with Crippen LogP contribution in [0, 0.1) is 0 Å². The molecule has 0 aromatic rings. The molecule has 1 atom stereocenters. The zero-order valence-electron chi connectivity index (χ0n) is 7.21. The van der Waals surface area contributed by atoms with Gasteiger partial charge in [-0.3, -0.25) is 4.79 Å². The van der Waals surface area contributed by atoms with E-state index in [4.69, 9.17) is 4.74 Å². The van der Waals surface area contributed by atoms with Crippen molar-refractivity contribution in [3.8, 4) is 0 Å². The van der Waals surface area contributed by atoms with Gasteiger partial charge in [0.15, 0.2) is 0 Å². The molecule has 0 saturated heterocycles. The highest BCUT2D eigenvalue weighted by molar-refractivity contribution is 5.37. The van der Waals surface area contributed by atoms with Crippen LogP contribution in [0.1, 0.15) is 33.1 Å². The zero-order chi connectivity index (χ0) is 8.53. The van der Waals surface area contributed by atoms with Gasteiger partial charge in [0.1, 0.15) is 0 Å². The smallest absolute Gasteiger partial charge is 0.295 e. The average Bonchev–Trinajstić information content (AvgIpc) is 2.03. The van der Waals surface area contributed by atoms with Crippen molar-refractivity contribution >= 4 is 6.47 Å². The molecule has 66 valence electrons. The van der Waals surface area contributed by atoms with E-state index >= 15 is 0 Å². The summed E-state index contributed by atoms with van der Waals surface area (Å²) < 4.78 is 9.85. The van der Waals surface area contributed by atoms with Crippen LogP contribution in [0.15, 0.2) is 0 Å².